The first-order chi connectivity index (χ1) is 14.1. The third-order valence-electron chi connectivity index (χ3n) is 4.44. The Morgan fingerprint density at radius 3 is 2.42 bits per heavy atom. The summed E-state index contributed by atoms with van der Waals surface area (Å²) in [6, 6.07) is 6.38. The standard InChI is InChI=1S/C20H27FN4O4S.ClH/c1-5-29-20(26)19-18(14(2)23-25(19)13-16(21)10-11-22)12-15-6-8-17(9-7-15)30(27,28)24(3)4;/h6-10H,5,11-13,22H2,1-4H3;1H/b16-10-;. The van der Waals surface area contributed by atoms with Gasteiger partial charge in [0, 0.05) is 32.6 Å². The first kappa shape index (κ1) is 26.8. The number of nitrogens with two attached hydrogens (primary N) is 1. The molecule has 1 heterocycles. The minimum absolute atomic E-state index is 0. The maximum Gasteiger partial charge on any atom is 0.356 e. The Morgan fingerprint density at radius 2 is 1.90 bits per heavy atom. The van der Waals surface area contributed by atoms with Gasteiger partial charge < -0.3 is 10.5 Å². The zero-order chi connectivity index (χ0) is 22.5. The van der Waals surface area contributed by atoms with Crippen LogP contribution in [0.3, 0.4) is 0 Å². The first-order valence-electron chi connectivity index (χ1n) is 9.41. The Balaban J connectivity index is 0.00000480. The van der Waals surface area contributed by atoms with E-state index >= 15 is 0 Å². The lowest BCUT2D eigenvalue weighted by Crippen LogP contribution is -2.22. The lowest BCUT2D eigenvalue weighted by molar-refractivity contribution is 0.0511. The van der Waals surface area contributed by atoms with Crippen molar-refractivity contribution in [3.63, 3.8) is 0 Å². The molecule has 172 valence electrons. The number of hydrogen-bond acceptors (Lipinski definition) is 6. The Labute approximate surface area is 188 Å². The average Bonchev–Trinajstić information content (AvgIpc) is 2.97. The molecule has 0 fully saturated rings. The molecule has 1 aromatic heterocycles. The predicted octanol–water partition coefficient (Wildman–Crippen LogP) is 2.44. The van der Waals surface area contributed by atoms with Crippen LogP contribution in [0.25, 0.3) is 0 Å². The van der Waals surface area contributed by atoms with E-state index in [0.29, 0.717) is 17.7 Å². The van der Waals surface area contributed by atoms with Gasteiger partial charge in [0.25, 0.3) is 0 Å². The van der Waals surface area contributed by atoms with E-state index < -0.39 is 21.8 Å². The van der Waals surface area contributed by atoms with Gasteiger partial charge in [-0.2, -0.15) is 5.10 Å². The summed E-state index contributed by atoms with van der Waals surface area (Å²) in [5.74, 6) is -1.10. The maximum absolute atomic E-state index is 14.0. The molecule has 0 amide bonds. The van der Waals surface area contributed by atoms with Gasteiger partial charge in [-0.1, -0.05) is 12.1 Å². The van der Waals surface area contributed by atoms with Crippen molar-refractivity contribution in [3.05, 3.63) is 58.7 Å². The largest absolute Gasteiger partial charge is 0.461 e. The Hall–Kier alpha value is -2.27. The molecule has 2 N–H and O–H groups in total. The highest BCUT2D eigenvalue weighted by Gasteiger charge is 2.24. The smallest absolute Gasteiger partial charge is 0.356 e. The molecule has 0 aliphatic heterocycles. The van der Waals surface area contributed by atoms with Crippen molar-refractivity contribution < 1.29 is 22.3 Å². The fourth-order valence-corrected chi connectivity index (χ4v) is 3.80. The summed E-state index contributed by atoms with van der Waals surface area (Å²) in [6.07, 6.45) is 1.53. The minimum Gasteiger partial charge on any atom is -0.461 e. The molecule has 0 spiro atoms. The molecule has 0 saturated heterocycles. The van der Waals surface area contributed by atoms with Gasteiger partial charge in [-0.15, -0.1) is 12.4 Å². The van der Waals surface area contributed by atoms with Crippen molar-refractivity contribution in [2.75, 3.05) is 27.2 Å². The third kappa shape index (κ3) is 6.36. The van der Waals surface area contributed by atoms with Crippen molar-refractivity contribution in [1.29, 1.82) is 0 Å². The quantitative estimate of drug-likeness (QED) is 0.559. The van der Waals surface area contributed by atoms with Crippen LogP contribution in [0.4, 0.5) is 4.39 Å². The van der Waals surface area contributed by atoms with Crippen LogP contribution in [0.5, 0.6) is 0 Å². The molecule has 0 unspecified atom stereocenters. The monoisotopic (exact) mass is 474 g/mol. The molecule has 1 aromatic carbocycles. The Kier molecular flexibility index (Phi) is 9.82. The molecular formula is C20H28ClFN4O4S. The number of esters is 1. The van der Waals surface area contributed by atoms with Crippen LogP contribution in [-0.2, 0) is 27.7 Å². The van der Waals surface area contributed by atoms with Crippen LogP contribution >= 0.6 is 12.4 Å². The second kappa shape index (κ2) is 11.4. The summed E-state index contributed by atoms with van der Waals surface area (Å²) in [5.41, 5.74) is 7.44. The molecule has 0 radical (unpaired) electrons. The van der Waals surface area contributed by atoms with Crippen molar-refractivity contribution in [1.82, 2.24) is 14.1 Å². The van der Waals surface area contributed by atoms with Crippen LogP contribution in [0.15, 0.2) is 41.1 Å². The number of aromatic nitrogens is 2. The van der Waals surface area contributed by atoms with E-state index in [-0.39, 0.29) is 42.7 Å². The van der Waals surface area contributed by atoms with Gasteiger partial charge in [0.1, 0.15) is 5.83 Å². The number of carbonyl (C=O) groups is 1. The fourth-order valence-electron chi connectivity index (χ4n) is 2.90. The predicted molar refractivity (Wildman–Crippen MR) is 119 cm³/mol. The van der Waals surface area contributed by atoms with Crippen LogP contribution in [0.1, 0.15) is 34.2 Å². The normalized spacial score (nSPS) is 12.0. The summed E-state index contributed by atoms with van der Waals surface area (Å²) in [7, 11) is -0.608. The summed E-state index contributed by atoms with van der Waals surface area (Å²) in [6.45, 7) is 3.39. The SMILES string of the molecule is CCOC(=O)c1c(Cc2ccc(S(=O)(=O)N(C)C)cc2)c(C)nn1C/C(F)=C/CN.Cl. The van der Waals surface area contributed by atoms with Crippen molar-refractivity contribution in [2.45, 2.75) is 31.7 Å². The molecule has 0 saturated carbocycles. The number of carbonyl (C=O) groups excluding carboxylic acids is 1. The number of benzene rings is 1. The Bertz CT molecular complexity index is 1030. The molecule has 0 aliphatic carbocycles. The summed E-state index contributed by atoms with van der Waals surface area (Å²) in [4.78, 5) is 12.7. The number of halogens is 2. The number of rotatable bonds is 9. The number of allylic oxidation sites excluding steroid dienone is 1. The molecule has 2 aromatic rings. The fraction of sp³-hybridized carbons (Fsp3) is 0.400. The highest BCUT2D eigenvalue weighted by atomic mass is 35.5. The summed E-state index contributed by atoms with van der Waals surface area (Å²) >= 11 is 0. The van der Waals surface area contributed by atoms with Crippen LogP contribution in [-0.4, -0.2) is 55.7 Å². The van der Waals surface area contributed by atoms with E-state index in [2.05, 4.69) is 5.10 Å². The van der Waals surface area contributed by atoms with Crippen LogP contribution < -0.4 is 5.73 Å². The van der Waals surface area contributed by atoms with Crippen molar-refractivity contribution in [2.24, 2.45) is 5.73 Å². The second-order valence-corrected chi connectivity index (χ2v) is 8.94. The van der Waals surface area contributed by atoms with Gasteiger partial charge in [0.2, 0.25) is 10.0 Å². The number of aryl methyl sites for hydroxylation is 1. The molecule has 0 atom stereocenters. The summed E-state index contributed by atoms with van der Waals surface area (Å²) < 4.78 is 46.0. The van der Waals surface area contributed by atoms with E-state index in [4.69, 9.17) is 10.5 Å². The topological polar surface area (TPSA) is 108 Å². The zero-order valence-corrected chi connectivity index (χ0v) is 19.6. The van der Waals surface area contributed by atoms with E-state index in [1.54, 1.807) is 26.0 Å². The van der Waals surface area contributed by atoms with Crippen molar-refractivity contribution in [3.8, 4) is 0 Å². The molecular weight excluding hydrogens is 447 g/mol. The second-order valence-electron chi connectivity index (χ2n) is 6.79. The number of sulfonamides is 1. The van der Waals surface area contributed by atoms with E-state index in [1.165, 1.54) is 37.0 Å². The number of hydrogen-bond donors (Lipinski definition) is 1. The zero-order valence-electron chi connectivity index (χ0n) is 18.0. The highest BCUT2D eigenvalue weighted by Crippen LogP contribution is 2.22. The van der Waals surface area contributed by atoms with Gasteiger partial charge in [-0.05, 0) is 37.6 Å². The first-order valence-corrected chi connectivity index (χ1v) is 10.8. The maximum atomic E-state index is 14.0. The van der Waals surface area contributed by atoms with Gasteiger partial charge in [-0.3, -0.25) is 4.68 Å². The van der Waals surface area contributed by atoms with E-state index in [9.17, 15) is 17.6 Å². The molecule has 11 heteroatoms. The highest BCUT2D eigenvalue weighted by molar-refractivity contribution is 7.89. The lowest BCUT2D eigenvalue weighted by Gasteiger charge is -2.12. The molecule has 0 bridgehead atoms. The minimum atomic E-state index is -3.53. The van der Waals surface area contributed by atoms with Crippen LogP contribution in [0.2, 0.25) is 0 Å². The van der Waals surface area contributed by atoms with Gasteiger partial charge in [0.05, 0.1) is 23.7 Å². The average molecular weight is 475 g/mol. The Morgan fingerprint density at radius 1 is 1.29 bits per heavy atom. The van der Waals surface area contributed by atoms with Crippen molar-refractivity contribution >= 4 is 28.4 Å². The number of ether oxygens (including phenoxy) is 1. The van der Waals surface area contributed by atoms with Gasteiger partial charge >= 0.3 is 5.97 Å². The van der Waals surface area contributed by atoms with E-state index in [0.717, 1.165) is 9.87 Å². The lowest BCUT2D eigenvalue weighted by atomic mass is 10.0. The summed E-state index contributed by atoms with van der Waals surface area (Å²) in [5, 5.41) is 4.30. The molecule has 2 rings (SSSR count). The van der Waals surface area contributed by atoms with E-state index in [1.807, 2.05) is 0 Å². The van der Waals surface area contributed by atoms with Gasteiger partial charge in [-0.25, -0.2) is 21.9 Å². The number of nitrogens with zero attached hydrogens (tertiary/aromatic N) is 3. The molecule has 8 nitrogen and oxygen atoms in total. The van der Waals surface area contributed by atoms with Crippen LogP contribution in [0, 0.1) is 6.92 Å². The third-order valence-corrected chi connectivity index (χ3v) is 6.27. The molecule has 31 heavy (non-hydrogen) atoms. The molecule has 0 aliphatic rings. The van der Waals surface area contributed by atoms with Gasteiger partial charge in [0.15, 0.2) is 5.69 Å².